The lowest BCUT2D eigenvalue weighted by Gasteiger charge is -2.31. The van der Waals surface area contributed by atoms with Crippen LogP contribution in [-0.4, -0.2) is 36.2 Å². The fraction of sp³-hybridized carbons (Fsp3) is 0.571. The molecule has 18 heavy (non-hydrogen) atoms. The topological polar surface area (TPSA) is 35.5 Å². The first-order valence-electron chi connectivity index (χ1n) is 6.59. The molecule has 4 heteroatoms. The molecule has 1 aliphatic heterocycles. The van der Waals surface area contributed by atoms with Gasteiger partial charge in [0.25, 0.3) is 0 Å². The lowest BCUT2D eigenvalue weighted by molar-refractivity contribution is 0.164. The first-order valence-corrected chi connectivity index (χ1v) is 7.67. The van der Waals surface area contributed by atoms with Gasteiger partial charge in [-0.1, -0.05) is 24.3 Å². The third-order valence-electron chi connectivity index (χ3n) is 3.73. The molecular formula is C14H21IN2O. The van der Waals surface area contributed by atoms with Crippen molar-refractivity contribution in [3.8, 4) is 0 Å². The summed E-state index contributed by atoms with van der Waals surface area (Å²) in [4.78, 5) is 2.35. The molecule has 0 amide bonds. The number of aliphatic hydroxyl groups is 1. The Morgan fingerprint density at radius 2 is 1.89 bits per heavy atom. The molecule has 1 fully saturated rings. The molecule has 1 heterocycles. The molecule has 3 nitrogen and oxygen atoms in total. The maximum absolute atomic E-state index is 8.93. The predicted octanol–water partition coefficient (Wildman–Crippen LogP) is 2.30. The van der Waals surface area contributed by atoms with Crippen molar-refractivity contribution < 1.29 is 5.11 Å². The molecule has 0 bridgehead atoms. The van der Waals surface area contributed by atoms with Gasteiger partial charge < -0.3 is 10.0 Å². The number of rotatable bonds is 5. The van der Waals surface area contributed by atoms with Crippen LogP contribution in [0.4, 0.5) is 0 Å². The third-order valence-corrected chi connectivity index (χ3v) is 4.11. The number of benzene rings is 1. The number of nitrogens with zero attached hydrogens (tertiary/aromatic N) is 1. The van der Waals surface area contributed by atoms with Gasteiger partial charge in [0.15, 0.2) is 0 Å². The van der Waals surface area contributed by atoms with E-state index in [0.717, 1.165) is 26.2 Å². The van der Waals surface area contributed by atoms with Gasteiger partial charge in [-0.25, -0.2) is 0 Å². The summed E-state index contributed by atoms with van der Waals surface area (Å²) in [6.45, 7) is 4.26. The Labute approximate surface area is 123 Å². The molecule has 0 saturated carbocycles. The minimum absolute atomic E-state index is 0.280. The average molecular weight is 360 g/mol. The Hall–Kier alpha value is -0.170. The Kier molecular flexibility index (Phi) is 5.88. The van der Waals surface area contributed by atoms with E-state index in [1.807, 2.05) is 0 Å². The zero-order valence-electron chi connectivity index (χ0n) is 10.6. The predicted molar refractivity (Wildman–Crippen MR) is 82.8 cm³/mol. The van der Waals surface area contributed by atoms with Crippen LogP contribution in [0.15, 0.2) is 24.3 Å². The van der Waals surface area contributed by atoms with Crippen LogP contribution in [0.2, 0.25) is 0 Å². The highest BCUT2D eigenvalue weighted by atomic mass is 127. The molecule has 0 aromatic heterocycles. The summed E-state index contributed by atoms with van der Waals surface area (Å²) in [7, 11) is 0. The molecule has 1 aromatic carbocycles. The molecular weight excluding hydrogens is 339 g/mol. The van der Waals surface area contributed by atoms with E-state index in [-0.39, 0.29) is 6.61 Å². The van der Waals surface area contributed by atoms with Gasteiger partial charge in [0.2, 0.25) is 0 Å². The first-order chi connectivity index (χ1) is 8.83. The van der Waals surface area contributed by atoms with Crippen LogP contribution in [0.1, 0.15) is 29.9 Å². The zero-order valence-corrected chi connectivity index (χ0v) is 12.8. The van der Waals surface area contributed by atoms with Crippen LogP contribution in [-0.2, 0) is 6.54 Å². The lowest BCUT2D eigenvalue weighted by Crippen LogP contribution is -2.34. The Balaban J connectivity index is 1.89. The minimum Gasteiger partial charge on any atom is -0.395 e. The molecule has 2 rings (SSSR count). The van der Waals surface area contributed by atoms with Gasteiger partial charge in [0, 0.05) is 36.0 Å². The van der Waals surface area contributed by atoms with Crippen LogP contribution in [0.25, 0.3) is 0 Å². The van der Waals surface area contributed by atoms with E-state index in [0.29, 0.717) is 5.92 Å². The Morgan fingerprint density at radius 3 is 2.44 bits per heavy atom. The second-order valence-corrected chi connectivity index (χ2v) is 5.65. The lowest BCUT2D eigenvalue weighted by atomic mass is 9.89. The maximum atomic E-state index is 8.93. The highest BCUT2D eigenvalue weighted by Crippen LogP contribution is 2.27. The number of piperidine rings is 1. The molecule has 0 spiro atoms. The normalized spacial score (nSPS) is 18.1. The van der Waals surface area contributed by atoms with E-state index < -0.39 is 0 Å². The summed E-state index contributed by atoms with van der Waals surface area (Å²) < 4.78 is 3.14. The van der Waals surface area contributed by atoms with Gasteiger partial charge >= 0.3 is 0 Å². The van der Waals surface area contributed by atoms with Crippen molar-refractivity contribution in [3.63, 3.8) is 0 Å². The van der Waals surface area contributed by atoms with Gasteiger partial charge in [-0.15, -0.1) is 0 Å². The van der Waals surface area contributed by atoms with Crippen molar-refractivity contribution >= 4 is 22.9 Å². The first kappa shape index (κ1) is 14.2. The fourth-order valence-electron chi connectivity index (χ4n) is 2.62. The average Bonchev–Trinajstić information content (AvgIpc) is 2.41. The van der Waals surface area contributed by atoms with E-state index in [1.54, 1.807) is 0 Å². The molecule has 0 aliphatic carbocycles. The van der Waals surface area contributed by atoms with Gasteiger partial charge in [-0.3, -0.25) is 3.53 Å². The van der Waals surface area contributed by atoms with Gasteiger partial charge in [0.1, 0.15) is 0 Å². The third kappa shape index (κ3) is 3.91. The molecule has 2 N–H and O–H groups in total. The largest absolute Gasteiger partial charge is 0.395 e. The number of hydrogen-bond donors (Lipinski definition) is 2. The minimum atomic E-state index is 0.280. The molecule has 100 valence electrons. The van der Waals surface area contributed by atoms with E-state index in [4.69, 9.17) is 5.11 Å². The standard InChI is InChI=1S/C14H21IN2O/c15-16-11-12-1-3-13(4-2-12)14-5-7-17(8-6-14)9-10-18/h1-4,14,16,18H,5-11H2. The monoisotopic (exact) mass is 360 g/mol. The van der Waals surface area contributed by atoms with Crippen LogP contribution in [0.3, 0.4) is 0 Å². The number of likely N-dealkylation sites (tertiary alicyclic amines) is 1. The van der Waals surface area contributed by atoms with E-state index in [2.05, 4.69) is 55.6 Å². The van der Waals surface area contributed by atoms with Gasteiger partial charge in [-0.05, 0) is 43.0 Å². The second-order valence-electron chi connectivity index (χ2n) is 4.89. The summed E-state index contributed by atoms with van der Waals surface area (Å²) in [5.41, 5.74) is 2.81. The molecule has 0 radical (unpaired) electrons. The molecule has 0 unspecified atom stereocenters. The zero-order chi connectivity index (χ0) is 12.8. The van der Waals surface area contributed by atoms with E-state index in [1.165, 1.54) is 24.0 Å². The Morgan fingerprint density at radius 1 is 1.22 bits per heavy atom. The molecule has 1 aliphatic rings. The number of β-amino-alcohol motifs (C(OH)–C–C–N with tert-alkyl or cyclic N) is 1. The van der Waals surface area contributed by atoms with Gasteiger partial charge in [0.05, 0.1) is 6.61 Å². The summed E-state index contributed by atoms with van der Waals surface area (Å²) in [6.07, 6.45) is 2.42. The summed E-state index contributed by atoms with van der Waals surface area (Å²) >= 11 is 2.18. The number of hydrogen-bond acceptors (Lipinski definition) is 3. The quantitative estimate of drug-likeness (QED) is 0.625. The molecule has 1 aromatic rings. The van der Waals surface area contributed by atoms with Crippen molar-refractivity contribution in [2.45, 2.75) is 25.3 Å². The maximum Gasteiger partial charge on any atom is 0.0558 e. The fourth-order valence-corrected chi connectivity index (χ4v) is 3.06. The van der Waals surface area contributed by atoms with Crippen molar-refractivity contribution in [1.82, 2.24) is 8.43 Å². The van der Waals surface area contributed by atoms with Crippen molar-refractivity contribution in [2.75, 3.05) is 26.2 Å². The molecule has 1 saturated heterocycles. The van der Waals surface area contributed by atoms with Gasteiger partial charge in [-0.2, -0.15) is 0 Å². The van der Waals surface area contributed by atoms with Crippen molar-refractivity contribution in [3.05, 3.63) is 35.4 Å². The van der Waals surface area contributed by atoms with Crippen LogP contribution >= 0.6 is 22.9 Å². The van der Waals surface area contributed by atoms with Crippen LogP contribution < -0.4 is 3.53 Å². The highest BCUT2D eigenvalue weighted by Gasteiger charge is 2.19. The summed E-state index contributed by atoms with van der Waals surface area (Å²) in [5, 5.41) is 8.93. The smallest absolute Gasteiger partial charge is 0.0558 e. The van der Waals surface area contributed by atoms with Crippen LogP contribution in [0, 0.1) is 0 Å². The number of halogens is 1. The number of nitrogens with one attached hydrogen (secondary N) is 1. The van der Waals surface area contributed by atoms with E-state index >= 15 is 0 Å². The summed E-state index contributed by atoms with van der Waals surface area (Å²) in [6, 6.07) is 8.99. The SMILES string of the molecule is OCCN1CCC(c2ccc(CNI)cc2)CC1. The van der Waals surface area contributed by atoms with Crippen molar-refractivity contribution in [1.29, 1.82) is 0 Å². The van der Waals surface area contributed by atoms with Crippen LogP contribution in [0.5, 0.6) is 0 Å². The second kappa shape index (κ2) is 7.43. The Bertz CT molecular complexity index is 347. The highest BCUT2D eigenvalue weighted by molar-refractivity contribution is 14.1. The summed E-state index contributed by atoms with van der Waals surface area (Å²) in [5.74, 6) is 0.696. The molecule has 0 atom stereocenters. The van der Waals surface area contributed by atoms with E-state index in [9.17, 15) is 0 Å². The van der Waals surface area contributed by atoms with Crippen molar-refractivity contribution in [2.24, 2.45) is 0 Å². The number of aliphatic hydroxyl groups excluding tert-OH is 1.